The lowest BCUT2D eigenvalue weighted by molar-refractivity contribution is 1.02. The number of fused-ring (bicyclic) bond motifs is 6. The first-order valence-corrected chi connectivity index (χ1v) is 19.6. The molecule has 0 saturated heterocycles. The summed E-state index contributed by atoms with van der Waals surface area (Å²) >= 11 is 0. The first kappa shape index (κ1) is 33.5. The molecule has 0 aliphatic rings. The van der Waals surface area contributed by atoms with E-state index in [1.165, 1.54) is 88.9 Å². The van der Waals surface area contributed by atoms with Crippen molar-refractivity contribution in [3.63, 3.8) is 0 Å². The Morgan fingerprint density at radius 3 is 1.05 bits per heavy atom. The van der Waals surface area contributed by atoms with E-state index in [0.717, 1.165) is 13.1 Å². The van der Waals surface area contributed by atoms with E-state index in [1.54, 1.807) is 0 Å². The summed E-state index contributed by atoms with van der Waals surface area (Å²) in [5, 5.41) is 5.05. The van der Waals surface area contributed by atoms with Crippen molar-refractivity contribution < 1.29 is 0 Å². The number of aromatic nitrogens is 2. The van der Waals surface area contributed by atoms with Gasteiger partial charge in [-0.2, -0.15) is 0 Å². The third-order valence-corrected chi connectivity index (χ3v) is 11.3. The standard InChI is InChI=1S/C52H42N4/c1-3-53(43-31-33-51-47(35-43)45-19-11-13-21-49(45)55(51)41-15-7-5-8-16-41)39-27-23-37(24-28-39)38-25-29-40(30-26-38)54(4-2)44-32-34-52-48(36-44)46-20-12-14-22-50(46)56(52)42-17-9-6-10-18-42/h5-36H,3-4H2,1-2H3. The Hall–Kier alpha value is -7.04. The van der Waals surface area contributed by atoms with Gasteiger partial charge in [0.25, 0.3) is 0 Å². The van der Waals surface area contributed by atoms with Gasteiger partial charge in [-0.25, -0.2) is 0 Å². The molecule has 270 valence electrons. The normalized spacial score (nSPS) is 11.5. The van der Waals surface area contributed by atoms with Gasteiger partial charge in [-0.3, -0.25) is 0 Å². The van der Waals surface area contributed by atoms with Crippen molar-refractivity contribution in [3.8, 4) is 22.5 Å². The predicted octanol–water partition coefficient (Wildman–Crippen LogP) is 13.9. The Labute approximate surface area is 327 Å². The summed E-state index contributed by atoms with van der Waals surface area (Å²) in [4.78, 5) is 4.79. The summed E-state index contributed by atoms with van der Waals surface area (Å²) in [6.07, 6.45) is 0. The number of rotatable bonds is 9. The number of anilines is 4. The van der Waals surface area contributed by atoms with Gasteiger partial charge in [-0.05, 0) is 122 Å². The zero-order chi connectivity index (χ0) is 37.6. The number of nitrogens with zero attached hydrogens (tertiary/aromatic N) is 4. The van der Waals surface area contributed by atoms with Crippen LogP contribution in [-0.4, -0.2) is 22.2 Å². The molecule has 0 bridgehead atoms. The molecule has 0 N–H and O–H groups in total. The van der Waals surface area contributed by atoms with E-state index in [4.69, 9.17) is 0 Å². The fourth-order valence-electron chi connectivity index (χ4n) is 8.66. The molecule has 0 radical (unpaired) electrons. The highest BCUT2D eigenvalue weighted by Gasteiger charge is 2.17. The van der Waals surface area contributed by atoms with Crippen LogP contribution in [0, 0.1) is 0 Å². The summed E-state index contributed by atoms with van der Waals surface area (Å²) in [6, 6.07) is 70.5. The molecule has 0 atom stereocenters. The van der Waals surface area contributed by atoms with Crippen molar-refractivity contribution in [1.29, 1.82) is 0 Å². The van der Waals surface area contributed by atoms with E-state index < -0.39 is 0 Å². The van der Waals surface area contributed by atoms with Crippen LogP contribution in [0.5, 0.6) is 0 Å². The molecule has 56 heavy (non-hydrogen) atoms. The van der Waals surface area contributed by atoms with E-state index in [1.807, 2.05) is 0 Å². The maximum Gasteiger partial charge on any atom is 0.0542 e. The summed E-state index contributed by atoms with van der Waals surface area (Å²) < 4.78 is 4.74. The topological polar surface area (TPSA) is 16.3 Å². The van der Waals surface area contributed by atoms with Gasteiger partial charge >= 0.3 is 0 Å². The zero-order valence-corrected chi connectivity index (χ0v) is 31.7. The molecule has 4 heteroatoms. The van der Waals surface area contributed by atoms with Crippen LogP contribution in [0.15, 0.2) is 194 Å². The van der Waals surface area contributed by atoms with Gasteiger partial charge in [0.05, 0.1) is 22.1 Å². The van der Waals surface area contributed by atoms with Crippen LogP contribution in [0.3, 0.4) is 0 Å². The average molecular weight is 723 g/mol. The summed E-state index contributed by atoms with van der Waals surface area (Å²) in [5.74, 6) is 0. The van der Waals surface area contributed by atoms with Crippen molar-refractivity contribution in [3.05, 3.63) is 194 Å². The monoisotopic (exact) mass is 722 g/mol. The molecule has 10 rings (SSSR count). The lowest BCUT2D eigenvalue weighted by atomic mass is 10.0. The Kier molecular flexibility index (Phi) is 8.37. The van der Waals surface area contributed by atoms with Crippen LogP contribution in [0.1, 0.15) is 13.8 Å². The molecule has 2 heterocycles. The van der Waals surface area contributed by atoms with E-state index in [0.29, 0.717) is 0 Å². The fraction of sp³-hybridized carbons (Fsp3) is 0.0769. The molecule has 0 aliphatic carbocycles. The second-order valence-corrected chi connectivity index (χ2v) is 14.4. The third kappa shape index (κ3) is 5.61. The molecule has 0 aliphatic heterocycles. The molecule has 0 unspecified atom stereocenters. The summed E-state index contributed by atoms with van der Waals surface area (Å²) in [7, 11) is 0. The molecule has 0 saturated carbocycles. The van der Waals surface area contributed by atoms with Crippen molar-refractivity contribution >= 4 is 66.4 Å². The maximum absolute atomic E-state index is 2.40. The van der Waals surface area contributed by atoms with Crippen LogP contribution < -0.4 is 9.80 Å². The van der Waals surface area contributed by atoms with Gasteiger partial charge in [0.1, 0.15) is 0 Å². The van der Waals surface area contributed by atoms with Gasteiger partial charge in [0.2, 0.25) is 0 Å². The van der Waals surface area contributed by atoms with Gasteiger partial charge < -0.3 is 18.9 Å². The predicted molar refractivity (Wildman–Crippen MR) is 239 cm³/mol. The van der Waals surface area contributed by atoms with Crippen molar-refractivity contribution in [2.24, 2.45) is 0 Å². The first-order chi connectivity index (χ1) is 27.7. The van der Waals surface area contributed by atoms with Crippen LogP contribution in [0.25, 0.3) is 66.1 Å². The zero-order valence-electron chi connectivity index (χ0n) is 31.7. The largest absolute Gasteiger partial charge is 0.342 e. The number of benzene rings is 8. The van der Waals surface area contributed by atoms with Gasteiger partial charge in [-0.1, -0.05) is 97.1 Å². The molecule has 0 spiro atoms. The van der Waals surface area contributed by atoms with Crippen LogP contribution in [-0.2, 0) is 0 Å². The van der Waals surface area contributed by atoms with Crippen LogP contribution in [0.4, 0.5) is 22.7 Å². The molecule has 8 aromatic carbocycles. The fourth-order valence-corrected chi connectivity index (χ4v) is 8.66. The quantitative estimate of drug-likeness (QED) is 0.147. The number of para-hydroxylation sites is 4. The number of hydrogen-bond donors (Lipinski definition) is 0. The molecule has 10 aromatic rings. The second-order valence-electron chi connectivity index (χ2n) is 14.4. The highest BCUT2D eigenvalue weighted by molar-refractivity contribution is 6.11. The maximum atomic E-state index is 2.40. The second kappa shape index (κ2) is 14.0. The highest BCUT2D eigenvalue weighted by Crippen LogP contribution is 2.39. The number of hydrogen-bond acceptors (Lipinski definition) is 2. The first-order valence-electron chi connectivity index (χ1n) is 19.6. The van der Waals surface area contributed by atoms with E-state index in [9.17, 15) is 0 Å². The minimum atomic E-state index is 0.863. The minimum Gasteiger partial charge on any atom is -0.342 e. The van der Waals surface area contributed by atoms with E-state index in [-0.39, 0.29) is 0 Å². The Bertz CT molecular complexity index is 2770. The van der Waals surface area contributed by atoms with Crippen molar-refractivity contribution in [1.82, 2.24) is 9.13 Å². The van der Waals surface area contributed by atoms with Crippen LogP contribution >= 0.6 is 0 Å². The minimum absolute atomic E-state index is 0.863. The van der Waals surface area contributed by atoms with E-state index in [2.05, 4.69) is 227 Å². The molecule has 2 aromatic heterocycles. The summed E-state index contributed by atoms with van der Waals surface area (Å²) in [6.45, 7) is 6.18. The highest BCUT2D eigenvalue weighted by atomic mass is 15.1. The smallest absolute Gasteiger partial charge is 0.0542 e. The Morgan fingerprint density at radius 2 is 0.661 bits per heavy atom. The Balaban J connectivity index is 0.931. The molecular weight excluding hydrogens is 681 g/mol. The van der Waals surface area contributed by atoms with Crippen LogP contribution in [0.2, 0.25) is 0 Å². The Morgan fingerprint density at radius 1 is 0.321 bits per heavy atom. The third-order valence-electron chi connectivity index (χ3n) is 11.3. The van der Waals surface area contributed by atoms with Crippen molar-refractivity contribution in [2.45, 2.75) is 13.8 Å². The lowest BCUT2D eigenvalue weighted by Gasteiger charge is -2.24. The van der Waals surface area contributed by atoms with E-state index >= 15 is 0 Å². The van der Waals surface area contributed by atoms with Gasteiger partial charge in [0.15, 0.2) is 0 Å². The summed E-state index contributed by atoms with van der Waals surface area (Å²) in [5.41, 5.74) is 14.4. The SMILES string of the molecule is CCN(c1ccc(-c2ccc(N(CC)c3ccc4c(c3)c3ccccc3n4-c3ccccc3)cc2)cc1)c1ccc2c(c1)c1ccccc1n2-c1ccccc1. The average Bonchev–Trinajstić information content (AvgIpc) is 3.78. The molecule has 0 fully saturated rings. The van der Waals surface area contributed by atoms with Gasteiger partial charge in [0, 0.05) is 68.8 Å². The lowest BCUT2D eigenvalue weighted by Crippen LogP contribution is -2.16. The molecule has 0 amide bonds. The molecule has 4 nitrogen and oxygen atoms in total. The van der Waals surface area contributed by atoms with Crippen molar-refractivity contribution in [2.75, 3.05) is 22.9 Å². The molecular formula is C52H42N4. The van der Waals surface area contributed by atoms with Gasteiger partial charge in [-0.15, -0.1) is 0 Å².